The average molecular weight is 300 g/mol. The normalized spacial score (nSPS) is 10.5. The summed E-state index contributed by atoms with van der Waals surface area (Å²) in [5, 5.41) is 6.67. The van der Waals surface area contributed by atoms with Gasteiger partial charge in [0.1, 0.15) is 10.6 Å². The second-order valence-electron chi connectivity index (χ2n) is 4.40. The molecule has 0 fully saturated rings. The van der Waals surface area contributed by atoms with Gasteiger partial charge in [0, 0.05) is 12.7 Å². The van der Waals surface area contributed by atoms with E-state index >= 15 is 0 Å². The number of rotatable bonds is 4. The van der Waals surface area contributed by atoms with Crippen molar-refractivity contribution in [2.45, 2.75) is 13.5 Å². The standard InChI is InChI=1S/C14H12N4O2S/c1-9-13(21-18-17-9)14(19)16-8-10-4-5-15-11(7-10)12-3-2-6-20-12/h2-7H,8H2,1H3,(H,16,19). The maximum absolute atomic E-state index is 12.0. The van der Waals surface area contributed by atoms with Gasteiger partial charge in [-0.25, -0.2) is 0 Å². The van der Waals surface area contributed by atoms with Crippen LogP contribution in [0.3, 0.4) is 0 Å². The molecule has 3 rings (SSSR count). The molecule has 0 spiro atoms. The Bertz CT molecular complexity index is 752. The third-order valence-corrected chi connectivity index (χ3v) is 3.74. The number of nitrogens with one attached hydrogen (secondary N) is 1. The van der Waals surface area contributed by atoms with Gasteiger partial charge < -0.3 is 9.73 Å². The molecule has 0 unspecified atom stereocenters. The van der Waals surface area contributed by atoms with E-state index in [9.17, 15) is 4.79 Å². The Morgan fingerprint density at radius 1 is 1.43 bits per heavy atom. The van der Waals surface area contributed by atoms with Crippen LogP contribution in [0.1, 0.15) is 20.9 Å². The summed E-state index contributed by atoms with van der Waals surface area (Å²) in [6, 6.07) is 7.39. The molecule has 3 aromatic heterocycles. The molecule has 0 aliphatic rings. The highest BCUT2D eigenvalue weighted by molar-refractivity contribution is 7.07. The van der Waals surface area contributed by atoms with Crippen LogP contribution in [0.15, 0.2) is 41.1 Å². The molecule has 7 heteroatoms. The minimum Gasteiger partial charge on any atom is -0.463 e. The number of hydrogen-bond acceptors (Lipinski definition) is 6. The van der Waals surface area contributed by atoms with Crippen LogP contribution in [-0.4, -0.2) is 20.5 Å². The number of carbonyl (C=O) groups excluding carboxylic acids is 1. The number of carbonyl (C=O) groups is 1. The van der Waals surface area contributed by atoms with Crippen molar-refractivity contribution in [2.75, 3.05) is 0 Å². The van der Waals surface area contributed by atoms with Crippen molar-refractivity contribution in [1.29, 1.82) is 0 Å². The fraction of sp³-hybridized carbons (Fsp3) is 0.143. The fourth-order valence-electron chi connectivity index (χ4n) is 1.85. The van der Waals surface area contributed by atoms with Crippen molar-refractivity contribution in [3.63, 3.8) is 0 Å². The summed E-state index contributed by atoms with van der Waals surface area (Å²) in [5.41, 5.74) is 2.32. The predicted molar refractivity (Wildman–Crippen MR) is 77.8 cm³/mol. The zero-order valence-electron chi connectivity index (χ0n) is 11.2. The Hall–Kier alpha value is -2.54. The van der Waals surface area contributed by atoms with Crippen LogP contribution in [-0.2, 0) is 6.54 Å². The molecule has 3 aromatic rings. The average Bonchev–Trinajstić information content (AvgIpc) is 3.16. The van der Waals surface area contributed by atoms with Gasteiger partial charge in [-0.05, 0) is 48.3 Å². The molecule has 1 N–H and O–H groups in total. The number of pyridine rings is 1. The Balaban J connectivity index is 1.70. The molecule has 0 atom stereocenters. The van der Waals surface area contributed by atoms with Crippen molar-refractivity contribution < 1.29 is 9.21 Å². The summed E-state index contributed by atoms with van der Waals surface area (Å²) in [6.45, 7) is 2.17. The molecule has 0 aliphatic heterocycles. The van der Waals surface area contributed by atoms with Gasteiger partial charge in [0.2, 0.25) is 0 Å². The molecule has 3 heterocycles. The van der Waals surface area contributed by atoms with Crippen LogP contribution in [0.2, 0.25) is 0 Å². The van der Waals surface area contributed by atoms with Crippen molar-refractivity contribution in [3.05, 3.63) is 52.9 Å². The Morgan fingerprint density at radius 3 is 3.05 bits per heavy atom. The number of furan rings is 1. The topological polar surface area (TPSA) is 80.9 Å². The number of amides is 1. The van der Waals surface area contributed by atoms with E-state index < -0.39 is 0 Å². The summed E-state index contributed by atoms with van der Waals surface area (Å²) in [5.74, 6) is 0.532. The summed E-state index contributed by atoms with van der Waals surface area (Å²) >= 11 is 1.09. The van der Waals surface area contributed by atoms with E-state index in [4.69, 9.17) is 4.42 Å². The van der Waals surface area contributed by atoms with Gasteiger partial charge in [-0.1, -0.05) is 4.49 Å². The fourth-order valence-corrected chi connectivity index (χ4v) is 2.42. The van der Waals surface area contributed by atoms with Gasteiger partial charge in [-0.2, -0.15) is 0 Å². The number of hydrogen-bond donors (Lipinski definition) is 1. The lowest BCUT2D eigenvalue weighted by atomic mass is 10.2. The third kappa shape index (κ3) is 2.97. The smallest absolute Gasteiger partial charge is 0.265 e. The number of aromatic nitrogens is 3. The third-order valence-electron chi connectivity index (χ3n) is 2.91. The minimum absolute atomic E-state index is 0.168. The molecule has 0 aliphatic carbocycles. The summed E-state index contributed by atoms with van der Waals surface area (Å²) < 4.78 is 9.06. The van der Waals surface area contributed by atoms with Crippen molar-refractivity contribution in [3.8, 4) is 11.5 Å². The largest absolute Gasteiger partial charge is 0.463 e. The highest BCUT2D eigenvalue weighted by Gasteiger charge is 2.12. The van der Waals surface area contributed by atoms with Crippen LogP contribution in [0.4, 0.5) is 0 Å². The molecule has 6 nitrogen and oxygen atoms in total. The summed E-state index contributed by atoms with van der Waals surface area (Å²) in [7, 11) is 0. The van der Waals surface area contributed by atoms with Gasteiger partial charge in [-0.15, -0.1) is 5.10 Å². The lowest BCUT2D eigenvalue weighted by Gasteiger charge is -2.05. The maximum atomic E-state index is 12.0. The van der Waals surface area contributed by atoms with Crippen molar-refractivity contribution in [1.82, 2.24) is 19.9 Å². The molecule has 0 radical (unpaired) electrons. The summed E-state index contributed by atoms with van der Waals surface area (Å²) in [6.07, 6.45) is 3.30. The van der Waals surface area contributed by atoms with Crippen LogP contribution < -0.4 is 5.32 Å². The molecule has 0 bridgehead atoms. The van der Waals surface area contributed by atoms with E-state index in [2.05, 4.69) is 19.9 Å². The van der Waals surface area contributed by atoms with Crippen LogP contribution in [0, 0.1) is 6.92 Å². The minimum atomic E-state index is -0.168. The molecule has 1 amide bonds. The lowest BCUT2D eigenvalue weighted by molar-refractivity contribution is 0.0954. The zero-order valence-corrected chi connectivity index (χ0v) is 12.1. The van der Waals surface area contributed by atoms with Gasteiger partial charge in [0.25, 0.3) is 5.91 Å². The molecular formula is C14H12N4O2S. The molecule has 0 aromatic carbocycles. The molecule has 106 valence electrons. The van der Waals surface area contributed by atoms with E-state index in [1.165, 1.54) is 0 Å². The lowest BCUT2D eigenvalue weighted by Crippen LogP contribution is -2.22. The van der Waals surface area contributed by atoms with E-state index in [-0.39, 0.29) is 5.91 Å². The predicted octanol–water partition coefficient (Wildman–Crippen LogP) is 2.43. The molecule has 21 heavy (non-hydrogen) atoms. The van der Waals surface area contributed by atoms with Gasteiger partial charge in [0.05, 0.1) is 12.0 Å². The highest BCUT2D eigenvalue weighted by atomic mass is 32.1. The quantitative estimate of drug-likeness (QED) is 0.800. The summed E-state index contributed by atoms with van der Waals surface area (Å²) in [4.78, 5) is 16.8. The second-order valence-corrected chi connectivity index (χ2v) is 5.15. The van der Waals surface area contributed by atoms with E-state index in [1.807, 2.05) is 24.3 Å². The van der Waals surface area contributed by atoms with Gasteiger partial charge >= 0.3 is 0 Å². The zero-order chi connectivity index (χ0) is 14.7. The van der Waals surface area contributed by atoms with Crippen LogP contribution in [0.25, 0.3) is 11.5 Å². The Morgan fingerprint density at radius 2 is 2.33 bits per heavy atom. The monoisotopic (exact) mass is 300 g/mol. The van der Waals surface area contributed by atoms with Crippen molar-refractivity contribution in [2.24, 2.45) is 0 Å². The van der Waals surface area contributed by atoms with Gasteiger partial charge in [-0.3, -0.25) is 9.78 Å². The maximum Gasteiger partial charge on any atom is 0.265 e. The number of nitrogens with zero attached hydrogens (tertiary/aromatic N) is 3. The van der Waals surface area contributed by atoms with Crippen molar-refractivity contribution >= 4 is 17.4 Å². The van der Waals surface area contributed by atoms with Crippen LogP contribution in [0.5, 0.6) is 0 Å². The highest BCUT2D eigenvalue weighted by Crippen LogP contribution is 2.18. The first-order valence-electron chi connectivity index (χ1n) is 6.30. The van der Waals surface area contributed by atoms with E-state index in [1.54, 1.807) is 19.4 Å². The Labute approximate surface area is 125 Å². The van der Waals surface area contributed by atoms with Crippen LogP contribution >= 0.6 is 11.5 Å². The SMILES string of the molecule is Cc1nnsc1C(=O)NCc1ccnc(-c2ccco2)c1. The molecule has 0 saturated carbocycles. The first kappa shape index (κ1) is 13.4. The Kier molecular flexibility index (Phi) is 3.74. The van der Waals surface area contributed by atoms with E-state index in [0.29, 0.717) is 22.9 Å². The number of aryl methyl sites for hydroxylation is 1. The first-order valence-corrected chi connectivity index (χ1v) is 7.07. The second kappa shape index (κ2) is 5.84. The molecule has 0 saturated heterocycles. The van der Waals surface area contributed by atoms with Gasteiger partial charge in [0.15, 0.2) is 5.76 Å². The molecular weight excluding hydrogens is 288 g/mol. The van der Waals surface area contributed by atoms with E-state index in [0.717, 1.165) is 22.8 Å². The first-order chi connectivity index (χ1) is 10.2.